The van der Waals surface area contributed by atoms with E-state index in [9.17, 15) is 4.79 Å². The van der Waals surface area contributed by atoms with E-state index in [1.165, 1.54) is 6.42 Å². The number of hydrogen-bond donors (Lipinski definition) is 1. The largest absolute Gasteiger partial charge is 0.490 e. The highest BCUT2D eigenvalue weighted by molar-refractivity contribution is 5.97. The minimum atomic E-state index is 0. The number of benzene rings is 1. The first-order chi connectivity index (χ1) is 11.3. The van der Waals surface area contributed by atoms with Crippen LogP contribution >= 0.6 is 12.4 Å². The molecular formula is C18H29ClN2O3. The van der Waals surface area contributed by atoms with Crippen LogP contribution < -0.4 is 10.1 Å². The molecule has 0 aliphatic carbocycles. The van der Waals surface area contributed by atoms with Crippen molar-refractivity contribution in [3.8, 4) is 5.75 Å². The molecule has 2 rings (SSSR count). The highest BCUT2D eigenvalue weighted by Crippen LogP contribution is 2.23. The summed E-state index contributed by atoms with van der Waals surface area (Å²) in [7, 11) is 1.96. The van der Waals surface area contributed by atoms with Crippen LogP contribution in [-0.2, 0) is 4.74 Å². The lowest BCUT2D eigenvalue weighted by Crippen LogP contribution is -2.42. The number of para-hydroxylation sites is 1. The fraction of sp³-hybridized carbons (Fsp3) is 0.611. The average Bonchev–Trinajstić information content (AvgIpc) is 2.59. The lowest BCUT2D eigenvalue weighted by atomic mass is 9.97. The number of rotatable bonds is 8. The van der Waals surface area contributed by atoms with Gasteiger partial charge >= 0.3 is 0 Å². The van der Waals surface area contributed by atoms with E-state index in [4.69, 9.17) is 9.47 Å². The Balaban J connectivity index is 0.00000288. The minimum Gasteiger partial charge on any atom is -0.490 e. The van der Waals surface area contributed by atoms with Gasteiger partial charge in [0.2, 0.25) is 0 Å². The van der Waals surface area contributed by atoms with Gasteiger partial charge < -0.3 is 19.7 Å². The van der Waals surface area contributed by atoms with Gasteiger partial charge in [0, 0.05) is 19.7 Å². The maximum absolute atomic E-state index is 12.9. The van der Waals surface area contributed by atoms with Gasteiger partial charge in [-0.3, -0.25) is 4.79 Å². The SMILES string of the molecule is CCOCCOc1ccccc1C(=O)N1CCCC(CNC)C1.Cl. The fourth-order valence-corrected chi connectivity index (χ4v) is 3.00. The second-order valence-corrected chi connectivity index (χ2v) is 5.86. The number of amides is 1. The molecule has 136 valence electrons. The molecule has 1 atom stereocenters. The molecule has 1 aromatic rings. The first-order valence-corrected chi connectivity index (χ1v) is 8.49. The second kappa shape index (κ2) is 11.3. The fourth-order valence-electron chi connectivity index (χ4n) is 3.00. The third-order valence-corrected chi connectivity index (χ3v) is 4.11. The quantitative estimate of drug-likeness (QED) is 0.727. The molecule has 1 saturated heterocycles. The number of likely N-dealkylation sites (tertiary alicyclic amines) is 1. The number of halogens is 1. The first kappa shape index (κ1) is 20.7. The first-order valence-electron chi connectivity index (χ1n) is 8.49. The van der Waals surface area contributed by atoms with E-state index < -0.39 is 0 Å². The zero-order valence-corrected chi connectivity index (χ0v) is 15.4. The van der Waals surface area contributed by atoms with E-state index >= 15 is 0 Å². The number of ether oxygens (including phenoxy) is 2. The van der Waals surface area contributed by atoms with Gasteiger partial charge in [0.05, 0.1) is 12.2 Å². The Morgan fingerprint density at radius 3 is 2.88 bits per heavy atom. The number of carbonyl (C=O) groups excluding carboxylic acids is 1. The maximum Gasteiger partial charge on any atom is 0.257 e. The lowest BCUT2D eigenvalue weighted by Gasteiger charge is -2.33. The molecule has 0 saturated carbocycles. The van der Waals surface area contributed by atoms with Crippen molar-refractivity contribution in [1.29, 1.82) is 0 Å². The molecule has 1 aliphatic rings. The van der Waals surface area contributed by atoms with Gasteiger partial charge in [-0.25, -0.2) is 0 Å². The summed E-state index contributed by atoms with van der Waals surface area (Å²) in [5.74, 6) is 1.24. The molecule has 1 N–H and O–H groups in total. The second-order valence-electron chi connectivity index (χ2n) is 5.86. The van der Waals surface area contributed by atoms with Crippen LogP contribution in [0.25, 0.3) is 0 Å². The number of nitrogens with one attached hydrogen (secondary N) is 1. The van der Waals surface area contributed by atoms with Crippen LogP contribution in [0.3, 0.4) is 0 Å². The van der Waals surface area contributed by atoms with Gasteiger partial charge in [-0.05, 0) is 51.4 Å². The minimum absolute atomic E-state index is 0. The summed E-state index contributed by atoms with van der Waals surface area (Å²) >= 11 is 0. The Morgan fingerprint density at radius 1 is 1.33 bits per heavy atom. The van der Waals surface area contributed by atoms with Crippen molar-refractivity contribution >= 4 is 18.3 Å². The summed E-state index contributed by atoms with van der Waals surface area (Å²) in [5.41, 5.74) is 0.647. The molecule has 1 fully saturated rings. The van der Waals surface area contributed by atoms with Crippen molar-refractivity contribution in [3.63, 3.8) is 0 Å². The van der Waals surface area contributed by atoms with Crippen LogP contribution in [0.5, 0.6) is 5.75 Å². The summed E-state index contributed by atoms with van der Waals surface area (Å²) < 4.78 is 11.0. The Bertz CT molecular complexity index is 497. The summed E-state index contributed by atoms with van der Waals surface area (Å²) in [5, 5.41) is 3.21. The van der Waals surface area contributed by atoms with Crippen molar-refractivity contribution in [1.82, 2.24) is 10.2 Å². The summed E-state index contributed by atoms with van der Waals surface area (Å²) in [6.07, 6.45) is 2.24. The summed E-state index contributed by atoms with van der Waals surface area (Å²) in [6, 6.07) is 7.48. The van der Waals surface area contributed by atoms with Gasteiger partial charge in [0.15, 0.2) is 0 Å². The van der Waals surface area contributed by atoms with E-state index in [2.05, 4.69) is 5.32 Å². The Hall–Kier alpha value is -1.30. The number of nitrogens with zero attached hydrogens (tertiary/aromatic N) is 1. The third kappa shape index (κ3) is 5.96. The molecule has 0 bridgehead atoms. The zero-order valence-electron chi connectivity index (χ0n) is 14.6. The molecule has 0 spiro atoms. The lowest BCUT2D eigenvalue weighted by molar-refractivity contribution is 0.0665. The topological polar surface area (TPSA) is 50.8 Å². The van der Waals surface area contributed by atoms with Crippen molar-refractivity contribution in [2.75, 3.05) is 46.5 Å². The van der Waals surface area contributed by atoms with Gasteiger partial charge in [-0.1, -0.05) is 12.1 Å². The monoisotopic (exact) mass is 356 g/mol. The highest BCUT2D eigenvalue weighted by atomic mass is 35.5. The van der Waals surface area contributed by atoms with E-state index in [0.717, 1.165) is 26.1 Å². The van der Waals surface area contributed by atoms with E-state index in [1.807, 2.05) is 43.1 Å². The van der Waals surface area contributed by atoms with Crippen LogP contribution in [0.15, 0.2) is 24.3 Å². The molecule has 0 radical (unpaired) electrons. The highest BCUT2D eigenvalue weighted by Gasteiger charge is 2.25. The molecular weight excluding hydrogens is 328 g/mol. The molecule has 5 nitrogen and oxygen atoms in total. The molecule has 1 heterocycles. The van der Waals surface area contributed by atoms with Crippen LogP contribution in [-0.4, -0.2) is 57.3 Å². The van der Waals surface area contributed by atoms with Gasteiger partial charge in [-0.2, -0.15) is 0 Å². The number of hydrogen-bond acceptors (Lipinski definition) is 4. The Labute approximate surface area is 151 Å². The van der Waals surface area contributed by atoms with Gasteiger partial charge in [0.1, 0.15) is 12.4 Å². The van der Waals surface area contributed by atoms with Crippen molar-refractivity contribution in [2.24, 2.45) is 5.92 Å². The molecule has 1 unspecified atom stereocenters. The van der Waals surface area contributed by atoms with Crippen LogP contribution in [0.4, 0.5) is 0 Å². The van der Waals surface area contributed by atoms with E-state index in [1.54, 1.807) is 0 Å². The van der Waals surface area contributed by atoms with Gasteiger partial charge in [0.25, 0.3) is 5.91 Å². The molecule has 0 aromatic heterocycles. The van der Waals surface area contributed by atoms with Crippen LogP contribution in [0, 0.1) is 5.92 Å². The zero-order chi connectivity index (χ0) is 16.5. The molecule has 1 aliphatic heterocycles. The molecule has 1 aromatic carbocycles. The van der Waals surface area contributed by atoms with E-state index in [-0.39, 0.29) is 18.3 Å². The van der Waals surface area contributed by atoms with Crippen LogP contribution in [0.1, 0.15) is 30.1 Å². The molecule has 6 heteroatoms. The normalized spacial score (nSPS) is 17.2. The number of piperidine rings is 1. The Kier molecular flexibility index (Phi) is 9.76. The summed E-state index contributed by atoms with van der Waals surface area (Å²) in [4.78, 5) is 14.8. The standard InChI is InChI=1S/C18H28N2O3.ClH/c1-3-22-11-12-23-17-9-5-4-8-16(17)18(21)20-10-6-7-15(14-20)13-19-2;/h4-5,8-9,15,19H,3,6-7,10-14H2,1-2H3;1H. The molecule has 1 amide bonds. The van der Waals surface area contributed by atoms with Crippen molar-refractivity contribution in [3.05, 3.63) is 29.8 Å². The number of carbonyl (C=O) groups is 1. The maximum atomic E-state index is 12.9. The van der Waals surface area contributed by atoms with Crippen LogP contribution in [0.2, 0.25) is 0 Å². The van der Waals surface area contributed by atoms with Crippen molar-refractivity contribution < 1.29 is 14.3 Å². The predicted molar refractivity (Wildman–Crippen MR) is 98.2 cm³/mol. The third-order valence-electron chi connectivity index (χ3n) is 4.11. The van der Waals surface area contributed by atoms with E-state index in [0.29, 0.717) is 37.1 Å². The van der Waals surface area contributed by atoms with Gasteiger partial charge in [-0.15, -0.1) is 12.4 Å². The molecule has 24 heavy (non-hydrogen) atoms. The average molecular weight is 357 g/mol. The smallest absolute Gasteiger partial charge is 0.257 e. The summed E-state index contributed by atoms with van der Waals surface area (Å²) in [6.45, 7) is 6.21. The van der Waals surface area contributed by atoms with Crippen molar-refractivity contribution in [2.45, 2.75) is 19.8 Å². The Morgan fingerprint density at radius 2 is 2.12 bits per heavy atom. The predicted octanol–water partition coefficient (Wildman–Crippen LogP) is 2.60.